The number of ether oxygens (including phenoxy) is 3. The predicted octanol–water partition coefficient (Wildman–Crippen LogP) is 3.69. The van der Waals surface area contributed by atoms with Crippen molar-refractivity contribution < 1.29 is 14.2 Å². The molecule has 6 fully saturated rings. The fourth-order valence-electron chi connectivity index (χ4n) is 9.84. The van der Waals surface area contributed by atoms with E-state index >= 15 is 0 Å². The van der Waals surface area contributed by atoms with Gasteiger partial charge in [-0.2, -0.15) is 0 Å². The van der Waals surface area contributed by atoms with E-state index in [9.17, 15) is 0 Å². The molecule has 4 bridgehead atoms. The minimum atomic E-state index is -0.118. The molecule has 0 amide bonds. The normalized spacial score (nSPS) is 50.0. The Morgan fingerprint density at radius 3 is 2.69 bits per heavy atom. The van der Waals surface area contributed by atoms with Crippen molar-refractivity contribution in [2.75, 3.05) is 27.3 Å². The van der Waals surface area contributed by atoms with Crippen molar-refractivity contribution in [3.8, 4) is 11.5 Å². The summed E-state index contributed by atoms with van der Waals surface area (Å²) in [6.07, 6.45) is 10.6. The summed E-state index contributed by atoms with van der Waals surface area (Å²) in [6, 6.07) is 5.28. The summed E-state index contributed by atoms with van der Waals surface area (Å²) in [7, 11) is 3.72. The summed E-state index contributed by atoms with van der Waals surface area (Å²) < 4.78 is 19.1. The Morgan fingerprint density at radius 1 is 1.14 bits per heavy atom. The number of hydrogen-bond acceptors (Lipinski definition) is 4. The number of benzene rings is 1. The van der Waals surface area contributed by atoms with Crippen LogP contribution in [0.3, 0.4) is 0 Å². The Hall–Kier alpha value is -1.26. The summed E-state index contributed by atoms with van der Waals surface area (Å²) in [5.41, 5.74) is 3.95. The lowest BCUT2D eigenvalue weighted by molar-refractivity contribution is -0.224. The van der Waals surface area contributed by atoms with Gasteiger partial charge in [-0.05, 0) is 68.9 Å². The predicted molar refractivity (Wildman–Crippen MR) is 109 cm³/mol. The van der Waals surface area contributed by atoms with E-state index in [0.29, 0.717) is 10.8 Å². The van der Waals surface area contributed by atoms with E-state index in [-0.39, 0.29) is 17.1 Å². The molecular weight excluding hydrogens is 362 g/mol. The maximum atomic E-state index is 6.95. The van der Waals surface area contributed by atoms with Crippen molar-refractivity contribution in [3.05, 3.63) is 23.3 Å². The molecule has 3 spiro atoms. The Morgan fingerprint density at radius 2 is 1.97 bits per heavy atom. The molecule has 5 saturated carbocycles. The third kappa shape index (κ3) is 1.49. The molecule has 154 valence electrons. The molecule has 4 atom stereocenters. The van der Waals surface area contributed by atoms with E-state index < -0.39 is 0 Å². The molecule has 0 N–H and O–H groups in total. The van der Waals surface area contributed by atoms with E-state index in [1.807, 2.05) is 7.11 Å². The molecule has 1 aromatic rings. The summed E-state index contributed by atoms with van der Waals surface area (Å²) in [5.74, 6) is 2.97. The molecule has 2 aliphatic heterocycles. The first-order chi connectivity index (χ1) is 14.1. The maximum absolute atomic E-state index is 6.95. The summed E-state index contributed by atoms with van der Waals surface area (Å²) in [4.78, 5) is 2.93. The van der Waals surface area contributed by atoms with Gasteiger partial charge >= 0.3 is 0 Å². The van der Waals surface area contributed by atoms with Crippen LogP contribution in [-0.4, -0.2) is 50.0 Å². The number of rotatable bonds is 4. The second kappa shape index (κ2) is 4.65. The largest absolute Gasteiger partial charge is 0.493 e. The van der Waals surface area contributed by atoms with E-state index in [2.05, 4.69) is 17.0 Å². The van der Waals surface area contributed by atoms with E-state index in [0.717, 1.165) is 36.3 Å². The SMILES string of the molecule is COc1ccc2c3c1OC1C4(OC)CCC5(CC4)C4N(CC6CC6)CC4(C2)CC315. The highest BCUT2D eigenvalue weighted by Crippen LogP contribution is 2.83. The standard InChI is InChI=1S/C25H31NO3/c1-27-17-6-5-16-11-22-13-25-18(16)19(17)29-21(25)24(28-2)9-7-23(25,8-10-24)20(22)26(14-22)12-15-3-4-15/h5-6,15,20-21H,3-4,7-14H2,1-2H3. The fraction of sp³-hybridized carbons (Fsp3) is 0.760. The summed E-state index contributed by atoms with van der Waals surface area (Å²) >= 11 is 0. The first kappa shape index (κ1) is 16.4. The van der Waals surface area contributed by atoms with Crippen molar-refractivity contribution in [1.29, 1.82) is 0 Å². The van der Waals surface area contributed by atoms with Gasteiger partial charge < -0.3 is 14.2 Å². The van der Waals surface area contributed by atoms with Gasteiger partial charge in [0.1, 0.15) is 11.7 Å². The quantitative estimate of drug-likeness (QED) is 0.781. The van der Waals surface area contributed by atoms with Crippen molar-refractivity contribution in [2.45, 2.75) is 74.5 Å². The van der Waals surface area contributed by atoms with Crippen LogP contribution in [0.4, 0.5) is 0 Å². The first-order valence-corrected chi connectivity index (χ1v) is 11.8. The monoisotopic (exact) mass is 393 g/mol. The maximum Gasteiger partial charge on any atom is 0.165 e. The van der Waals surface area contributed by atoms with Gasteiger partial charge in [-0.15, -0.1) is 0 Å². The lowest BCUT2D eigenvalue weighted by Gasteiger charge is -2.66. The number of methoxy groups -OCH3 is 2. The number of hydrogen-bond donors (Lipinski definition) is 0. The summed E-state index contributed by atoms with van der Waals surface area (Å²) in [6.45, 7) is 2.66. The fourth-order valence-corrected chi connectivity index (χ4v) is 9.84. The van der Waals surface area contributed by atoms with Gasteiger partial charge in [0, 0.05) is 48.0 Å². The molecule has 6 aliphatic carbocycles. The van der Waals surface area contributed by atoms with Gasteiger partial charge in [0.2, 0.25) is 0 Å². The number of nitrogens with zero attached hydrogens (tertiary/aromatic N) is 1. The topological polar surface area (TPSA) is 30.9 Å². The molecule has 0 aromatic heterocycles. The van der Waals surface area contributed by atoms with Gasteiger partial charge in [0.05, 0.1) is 7.11 Å². The molecule has 2 heterocycles. The zero-order chi connectivity index (χ0) is 19.2. The van der Waals surface area contributed by atoms with Crippen molar-refractivity contribution >= 4 is 0 Å². The smallest absolute Gasteiger partial charge is 0.165 e. The molecule has 4 nitrogen and oxygen atoms in total. The highest BCUT2D eigenvalue weighted by molar-refractivity contribution is 5.65. The molecule has 4 unspecified atom stereocenters. The third-order valence-electron chi connectivity index (χ3n) is 10.7. The minimum Gasteiger partial charge on any atom is -0.493 e. The van der Waals surface area contributed by atoms with Crippen LogP contribution in [0, 0.1) is 16.7 Å². The second-order valence-corrected chi connectivity index (χ2v) is 11.5. The van der Waals surface area contributed by atoms with Crippen LogP contribution in [0.2, 0.25) is 0 Å². The van der Waals surface area contributed by atoms with E-state index in [1.165, 1.54) is 57.2 Å². The van der Waals surface area contributed by atoms with Crippen LogP contribution in [-0.2, 0) is 16.6 Å². The highest BCUT2D eigenvalue weighted by atomic mass is 16.6. The van der Waals surface area contributed by atoms with Gasteiger partial charge in [0.15, 0.2) is 11.5 Å². The third-order valence-corrected chi connectivity index (χ3v) is 10.7. The highest BCUT2D eigenvalue weighted by Gasteiger charge is 2.86. The molecule has 8 aliphatic rings. The van der Waals surface area contributed by atoms with E-state index in [4.69, 9.17) is 14.2 Å². The molecule has 29 heavy (non-hydrogen) atoms. The van der Waals surface area contributed by atoms with Crippen molar-refractivity contribution in [1.82, 2.24) is 4.90 Å². The Bertz CT molecular complexity index is 946. The molecule has 0 radical (unpaired) electrons. The van der Waals surface area contributed by atoms with Crippen LogP contribution in [0.15, 0.2) is 12.1 Å². The van der Waals surface area contributed by atoms with Gasteiger partial charge in [-0.3, -0.25) is 4.90 Å². The molecular formula is C25H31NO3. The van der Waals surface area contributed by atoms with Crippen molar-refractivity contribution in [3.63, 3.8) is 0 Å². The lowest BCUT2D eigenvalue weighted by atomic mass is 9.43. The first-order valence-electron chi connectivity index (χ1n) is 11.8. The molecule has 9 rings (SSSR count). The second-order valence-electron chi connectivity index (χ2n) is 11.5. The van der Waals surface area contributed by atoms with Gasteiger partial charge in [0.25, 0.3) is 0 Å². The lowest BCUT2D eigenvalue weighted by Crippen LogP contribution is -2.73. The molecule has 1 aromatic carbocycles. The minimum absolute atomic E-state index is 0.118. The number of fused-ring (bicyclic) bond motifs is 2. The summed E-state index contributed by atoms with van der Waals surface area (Å²) in [5, 5.41) is 0. The van der Waals surface area contributed by atoms with Crippen LogP contribution in [0.25, 0.3) is 0 Å². The van der Waals surface area contributed by atoms with Crippen molar-refractivity contribution in [2.24, 2.45) is 16.7 Å². The van der Waals surface area contributed by atoms with Crippen LogP contribution < -0.4 is 9.47 Å². The molecule has 4 heteroatoms. The zero-order valence-corrected chi connectivity index (χ0v) is 17.6. The zero-order valence-electron chi connectivity index (χ0n) is 17.6. The average Bonchev–Trinajstić information content (AvgIpc) is 3.44. The van der Waals surface area contributed by atoms with Gasteiger partial charge in [-0.1, -0.05) is 6.07 Å². The van der Waals surface area contributed by atoms with E-state index in [1.54, 1.807) is 12.7 Å². The van der Waals surface area contributed by atoms with Crippen LogP contribution in [0.1, 0.15) is 56.1 Å². The Balaban J connectivity index is 1.39. The molecule has 1 saturated heterocycles. The average molecular weight is 394 g/mol. The number of likely N-dealkylation sites (tertiary alicyclic amines) is 1. The Kier molecular flexibility index (Phi) is 2.63. The van der Waals surface area contributed by atoms with Crippen LogP contribution >= 0.6 is 0 Å². The van der Waals surface area contributed by atoms with Gasteiger partial charge in [-0.25, -0.2) is 0 Å². The van der Waals surface area contributed by atoms with Crippen LogP contribution in [0.5, 0.6) is 11.5 Å². The Labute approximate surface area is 172 Å².